The summed E-state index contributed by atoms with van der Waals surface area (Å²) >= 11 is 0. The van der Waals surface area contributed by atoms with Gasteiger partial charge < -0.3 is 14.6 Å². The van der Waals surface area contributed by atoms with Gasteiger partial charge in [-0.05, 0) is 18.4 Å². The van der Waals surface area contributed by atoms with Crippen LogP contribution in [0.5, 0.6) is 0 Å². The van der Waals surface area contributed by atoms with Gasteiger partial charge in [0.2, 0.25) is 6.16 Å². The molecule has 0 aliphatic carbocycles. The molecule has 0 aliphatic heterocycles. The van der Waals surface area contributed by atoms with E-state index in [-0.39, 0.29) is 25.1 Å². The van der Waals surface area contributed by atoms with E-state index in [0.29, 0.717) is 12.8 Å². The molecule has 0 fully saturated rings. The van der Waals surface area contributed by atoms with E-state index in [0.717, 1.165) is 12.8 Å². The minimum absolute atomic E-state index is 0.174. The van der Waals surface area contributed by atoms with Gasteiger partial charge in [0.15, 0.2) is 0 Å². The van der Waals surface area contributed by atoms with E-state index < -0.39 is 25.8 Å². The predicted octanol–water partition coefficient (Wildman–Crippen LogP) is 3.85. The summed E-state index contributed by atoms with van der Waals surface area (Å²) in [5.41, 5.74) is 1.18. The Morgan fingerprint density at radius 1 is 1.12 bits per heavy atom. The van der Waals surface area contributed by atoms with Crippen LogP contribution in [-0.4, -0.2) is 42.3 Å². The fraction of sp³-hybridized carbons (Fsp3) is 0.579. The first-order valence-electron chi connectivity index (χ1n) is 8.88. The number of esters is 1. The molecule has 0 aliphatic rings. The topological polar surface area (TPSA) is 89.9 Å². The molecule has 2 atom stereocenters. The van der Waals surface area contributed by atoms with Crippen molar-refractivity contribution in [2.45, 2.75) is 45.4 Å². The number of ether oxygens (including phenoxy) is 2. The first-order valence-corrected chi connectivity index (χ1v) is 10.4. The van der Waals surface area contributed by atoms with Gasteiger partial charge in [0.1, 0.15) is 0 Å². The summed E-state index contributed by atoms with van der Waals surface area (Å²) in [7, 11) is -1.99. The van der Waals surface area contributed by atoms with Gasteiger partial charge >= 0.3 is 19.7 Å². The van der Waals surface area contributed by atoms with Gasteiger partial charge in [-0.25, -0.2) is 4.79 Å². The van der Waals surface area contributed by atoms with Crippen LogP contribution in [0, 0.1) is 5.92 Å². The van der Waals surface area contributed by atoms with Crippen LogP contribution in [-0.2, 0) is 30.0 Å². The Hall–Kier alpha value is -1.78. The summed E-state index contributed by atoms with van der Waals surface area (Å²) in [4.78, 5) is 22.2. The first kappa shape index (κ1) is 22.3. The summed E-state index contributed by atoms with van der Waals surface area (Å²) < 4.78 is 22.9. The smallest absolute Gasteiger partial charge is 0.381 e. The number of carbonyl (C=O) groups excluding carboxylic acids is 1. The molecule has 0 heterocycles. The quantitative estimate of drug-likeness (QED) is 0.316. The summed E-state index contributed by atoms with van der Waals surface area (Å²) in [6, 6.07) is 9.93. The van der Waals surface area contributed by atoms with Crippen molar-refractivity contribution in [2.24, 2.45) is 5.92 Å². The molecule has 0 radical (unpaired) electrons. The zero-order valence-electron chi connectivity index (χ0n) is 15.4. The third-order valence-corrected chi connectivity index (χ3v) is 5.32. The molecule has 6 nitrogen and oxygen atoms in total. The monoisotopic (exact) mass is 383 g/mol. The van der Waals surface area contributed by atoms with Crippen molar-refractivity contribution in [2.75, 3.05) is 19.4 Å². The van der Waals surface area contributed by atoms with Gasteiger partial charge in [0.05, 0.1) is 19.1 Å². The number of aryl methyl sites for hydroxylation is 1. The van der Waals surface area contributed by atoms with E-state index in [1.165, 1.54) is 5.56 Å². The van der Waals surface area contributed by atoms with E-state index in [2.05, 4.69) is 0 Å². The van der Waals surface area contributed by atoms with Crippen LogP contribution in [0.15, 0.2) is 30.3 Å². The van der Waals surface area contributed by atoms with Crippen molar-refractivity contribution in [3.05, 3.63) is 35.9 Å². The maximum atomic E-state index is 12.2. The van der Waals surface area contributed by atoms with Crippen LogP contribution < -0.4 is 0 Å². The van der Waals surface area contributed by atoms with Gasteiger partial charge in [-0.15, -0.1) is 0 Å². The van der Waals surface area contributed by atoms with Crippen molar-refractivity contribution < 1.29 is 28.7 Å². The van der Waals surface area contributed by atoms with Crippen LogP contribution in [0.2, 0.25) is 0 Å². The third-order valence-electron chi connectivity index (χ3n) is 3.69. The Morgan fingerprint density at radius 3 is 2.42 bits per heavy atom. The standard InChI is InChI=1S/C19H27O6P/c1-15(2)19(22)25-13-7-12-24-18(26(23)14-17(20)21)11-6-10-16-8-4-3-5-9-16/h3-5,8-9,15,18H,6-7,10-14H2,1-2H3/p+1. The normalized spacial score (nSPS) is 12.7. The molecule has 0 saturated heterocycles. The highest BCUT2D eigenvalue weighted by Crippen LogP contribution is 2.32. The lowest BCUT2D eigenvalue weighted by atomic mass is 10.1. The van der Waals surface area contributed by atoms with Gasteiger partial charge in [-0.2, -0.15) is 0 Å². The minimum Gasteiger partial charge on any atom is -0.478 e. The second-order valence-corrected chi connectivity index (χ2v) is 8.07. The number of aliphatic carboxylic acids is 1. The molecule has 1 rings (SSSR count). The molecule has 1 N–H and O–H groups in total. The van der Waals surface area contributed by atoms with E-state index in [9.17, 15) is 14.2 Å². The van der Waals surface area contributed by atoms with Crippen molar-refractivity contribution in [3.63, 3.8) is 0 Å². The molecule has 0 bridgehead atoms. The highest BCUT2D eigenvalue weighted by molar-refractivity contribution is 7.46. The molecule has 1 aromatic carbocycles. The number of hydrogen-bond acceptors (Lipinski definition) is 5. The van der Waals surface area contributed by atoms with Gasteiger partial charge in [-0.3, -0.25) is 4.79 Å². The van der Waals surface area contributed by atoms with Crippen molar-refractivity contribution in [1.82, 2.24) is 0 Å². The van der Waals surface area contributed by atoms with Crippen LogP contribution in [0.25, 0.3) is 0 Å². The number of benzene rings is 1. The molecule has 0 saturated carbocycles. The Kier molecular flexibility index (Phi) is 10.7. The maximum absolute atomic E-state index is 12.2. The maximum Gasteiger partial charge on any atom is 0.381 e. The SMILES string of the molecule is CC(C)C(=O)OCCCOC(CCCc1ccccc1)[P+](=O)CC(=O)O. The molecule has 1 aromatic rings. The largest absolute Gasteiger partial charge is 0.478 e. The lowest BCUT2D eigenvalue weighted by molar-refractivity contribution is -0.147. The van der Waals surface area contributed by atoms with Crippen LogP contribution in [0.3, 0.4) is 0 Å². The molecule has 2 unspecified atom stereocenters. The molecule has 26 heavy (non-hydrogen) atoms. The minimum atomic E-state index is -1.99. The fourth-order valence-electron chi connectivity index (χ4n) is 2.29. The van der Waals surface area contributed by atoms with Crippen molar-refractivity contribution in [3.8, 4) is 0 Å². The average molecular weight is 383 g/mol. The second-order valence-electron chi connectivity index (χ2n) is 6.35. The zero-order valence-corrected chi connectivity index (χ0v) is 16.3. The summed E-state index contributed by atoms with van der Waals surface area (Å²) in [6.45, 7) is 4.04. The van der Waals surface area contributed by atoms with E-state index >= 15 is 0 Å². The Balaban J connectivity index is 2.39. The summed E-state index contributed by atoms with van der Waals surface area (Å²) in [6.07, 6.45) is 2.21. The lowest BCUT2D eigenvalue weighted by Crippen LogP contribution is -2.16. The lowest BCUT2D eigenvalue weighted by Gasteiger charge is -2.10. The molecule has 0 spiro atoms. The van der Waals surface area contributed by atoms with Gasteiger partial charge in [-0.1, -0.05) is 48.7 Å². The highest BCUT2D eigenvalue weighted by Gasteiger charge is 2.33. The van der Waals surface area contributed by atoms with Crippen molar-refractivity contribution in [1.29, 1.82) is 0 Å². The molecular weight excluding hydrogens is 355 g/mol. The van der Waals surface area contributed by atoms with E-state index in [1.54, 1.807) is 13.8 Å². The number of carbonyl (C=O) groups is 2. The van der Waals surface area contributed by atoms with Gasteiger partial charge in [0.25, 0.3) is 5.85 Å². The fourth-order valence-corrected chi connectivity index (χ4v) is 3.50. The Morgan fingerprint density at radius 2 is 1.81 bits per heavy atom. The number of carboxylic acids is 1. The van der Waals surface area contributed by atoms with Crippen LogP contribution >= 0.6 is 7.80 Å². The number of carboxylic acid groups (broad SMARTS) is 1. The average Bonchev–Trinajstić information content (AvgIpc) is 2.59. The van der Waals surface area contributed by atoms with Gasteiger partial charge in [0, 0.05) is 12.8 Å². The molecule has 0 aromatic heterocycles. The Bertz CT molecular complexity index is 573. The molecular formula is C19H28O6P+. The summed E-state index contributed by atoms with van der Waals surface area (Å²) in [5, 5.41) is 8.86. The molecule has 7 heteroatoms. The predicted molar refractivity (Wildman–Crippen MR) is 99.6 cm³/mol. The van der Waals surface area contributed by atoms with E-state index in [4.69, 9.17) is 14.6 Å². The van der Waals surface area contributed by atoms with Crippen LogP contribution in [0.4, 0.5) is 0 Å². The van der Waals surface area contributed by atoms with E-state index in [1.807, 2.05) is 30.3 Å². The van der Waals surface area contributed by atoms with Crippen LogP contribution in [0.1, 0.15) is 38.7 Å². The third kappa shape index (κ3) is 9.64. The highest BCUT2D eigenvalue weighted by atomic mass is 31.1. The number of hydrogen-bond donors (Lipinski definition) is 1. The Labute approximate surface area is 155 Å². The zero-order chi connectivity index (χ0) is 19.4. The van der Waals surface area contributed by atoms with Crippen molar-refractivity contribution >= 4 is 19.7 Å². The second kappa shape index (κ2) is 12.6. The first-order chi connectivity index (χ1) is 12.4. The number of rotatable bonds is 13. The molecule has 0 amide bonds. The molecule has 144 valence electrons. The summed E-state index contributed by atoms with van der Waals surface area (Å²) in [5.74, 6) is -2.12.